The van der Waals surface area contributed by atoms with E-state index >= 15 is 0 Å². The monoisotopic (exact) mass is 401 g/mol. The SMILES string of the molecule is NC(c1ccc(Br)s1)c1cc2[nH]c(=O)[nH]c2cc1Br. The number of nitrogens with two attached hydrogens (primary N) is 1. The largest absolute Gasteiger partial charge is 0.323 e. The molecule has 0 spiro atoms. The molecule has 98 valence electrons. The molecule has 0 amide bonds. The van der Waals surface area contributed by atoms with Crippen molar-refractivity contribution in [3.05, 3.63) is 53.4 Å². The van der Waals surface area contributed by atoms with Gasteiger partial charge in [-0.1, -0.05) is 15.9 Å². The summed E-state index contributed by atoms with van der Waals surface area (Å²) in [4.78, 5) is 17.8. The van der Waals surface area contributed by atoms with Crippen LogP contribution in [-0.2, 0) is 0 Å². The van der Waals surface area contributed by atoms with Gasteiger partial charge in [-0.3, -0.25) is 0 Å². The van der Waals surface area contributed by atoms with E-state index in [1.54, 1.807) is 11.3 Å². The van der Waals surface area contributed by atoms with Crippen molar-refractivity contribution in [1.82, 2.24) is 9.97 Å². The molecule has 2 aromatic heterocycles. The number of hydrogen-bond donors (Lipinski definition) is 3. The Balaban J connectivity index is 2.13. The van der Waals surface area contributed by atoms with Crippen LogP contribution < -0.4 is 11.4 Å². The Hall–Kier alpha value is -0.890. The Morgan fingerprint density at radius 3 is 2.47 bits per heavy atom. The molecule has 1 aromatic carbocycles. The van der Waals surface area contributed by atoms with Gasteiger partial charge in [-0.15, -0.1) is 11.3 Å². The van der Waals surface area contributed by atoms with Crippen molar-refractivity contribution in [3.8, 4) is 0 Å². The van der Waals surface area contributed by atoms with Crippen molar-refractivity contribution in [1.29, 1.82) is 0 Å². The van der Waals surface area contributed by atoms with E-state index in [4.69, 9.17) is 5.73 Å². The first-order valence-electron chi connectivity index (χ1n) is 5.47. The number of aromatic amines is 2. The molecule has 0 aliphatic rings. The van der Waals surface area contributed by atoms with E-state index in [1.807, 2.05) is 24.3 Å². The molecular weight excluding hydrogens is 394 g/mol. The Morgan fingerprint density at radius 1 is 1.16 bits per heavy atom. The van der Waals surface area contributed by atoms with Gasteiger partial charge >= 0.3 is 5.69 Å². The first-order chi connectivity index (χ1) is 9.04. The summed E-state index contributed by atoms with van der Waals surface area (Å²) < 4.78 is 1.93. The minimum Gasteiger partial charge on any atom is -0.320 e. The number of thiophene rings is 1. The van der Waals surface area contributed by atoms with Crippen molar-refractivity contribution in [3.63, 3.8) is 0 Å². The fraction of sp³-hybridized carbons (Fsp3) is 0.0833. The van der Waals surface area contributed by atoms with E-state index in [9.17, 15) is 4.79 Å². The summed E-state index contributed by atoms with van der Waals surface area (Å²) in [6.45, 7) is 0. The summed E-state index contributed by atoms with van der Waals surface area (Å²) in [6, 6.07) is 7.51. The van der Waals surface area contributed by atoms with E-state index in [1.165, 1.54) is 0 Å². The lowest BCUT2D eigenvalue weighted by Gasteiger charge is -2.12. The maximum Gasteiger partial charge on any atom is 0.323 e. The lowest BCUT2D eigenvalue weighted by atomic mass is 10.1. The van der Waals surface area contributed by atoms with Gasteiger partial charge in [0.15, 0.2) is 0 Å². The van der Waals surface area contributed by atoms with Gasteiger partial charge in [0.05, 0.1) is 20.9 Å². The van der Waals surface area contributed by atoms with Crippen LogP contribution in [0.2, 0.25) is 0 Å². The fourth-order valence-corrected chi connectivity index (χ4v) is 3.99. The molecule has 19 heavy (non-hydrogen) atoms. The third-order valence-corrected chi connectivity index (χ3v) is 5.26. The second kappa shape index (κ2) is 4.90. The van der Waals surface area contributed by atoms with Crippen LogP contribution in [0.4, 0.5) is 0 Å². The zero-order chi connectivity index (χ0) is 13.6. The van der Waals surface area contributed by atoms with Crippen molar-refractivity contribution < 1.29 is 0 Å². The molecule has 3 rings (SSSR count). The summed E-state index contributed by atoms with van der Waals surface area (Å²) in [5.41, 5.74) is 8.53. The Bertz CT molecular complexity index is 805. The summed E-state index contributed by atoms with van der Waals surface area (Å²) in [7, 11) is 0. The number of hydrogen-bond acceptors (Lipinski definition) is 3. The van der Waals surface area contributed by atoms with Crippen molar-refractivity contribution in [2.45, 2.75) is 6.04 Å². The zero-order valence-corrected chi connectivity index (χ0v) is 13.5. The van der Waals surface area contributed by atoms with Crippen LogP contribution >= 0.6 is 43.2 Å². The average molecular weight is 403 g/mol. The van der Waals surface area contributed by atoms with Gasteiger partial charge in [-0.2, -0.15) is 0 Å². The number of aromatic nitrogens is 2. The highest BCUT2D eigenvalue weighted by molar-refractivity contribution is 9.11. The summed E-state index contributed by atoms with van der Waals surface area (Å²) in [5.74, 6) is 0. The van der Waals surface area contributed by atoms with Crippen LogP contribution in [0.15, 0.2) is 37.3 Å². The maximum atomic E-state index is 11.3. The number of halogens is 2. The van der Waals surface area contributed by atoms with Gasteiger partial charge in [0.2, 0.25) is 0 Å². The molecule has 1 atom stereocenters. The average Bonchev–Trinajstić information content (AvgIpc) is 2.92. The molecule has 0 saturated carbocycles. The van der Waals surface area contributed by atoms with Crippen LogP contribution in [0, 0.1) is 0 Å². The first-order valence-corrected chi connectivity index (χ1v) is 7.87. The van der Waals surface area contributed by atoms with E-state index in [-0.39, 0.29) is 11.7 Å². The molecular formula is C12H9Br2N3OS. The van der Waals surface area contributed by atoms with Crippen molar-refractivity contribution >= 4 is 54.2 Å². The highest BCUT2D eigenvalue weighted by Gasteiger charge is 2.16. The highest BCUT2D eigenvalue weighted by atomic mass is 79.9. The summed E-state index contributed by atoms with van der Waals surface area (Å²) in [6.07, 6.45) is 0. The van der Waals surface area contributed by atoms with Crippen LogP contribution in [0.5, 0.6) is 0 Å². The lowest BCUT2D eigenvalue weighted by Crippen LogP contribution is -2.10. The van der Waals surface area contributed by atoms with Gasteiger partial charge in [0.1, 0.15) is 0 Å². The molecule has 2 heterocycles. The minimum absolute atomic E-state index is 0.216. The van der Waals surface area contributed by atoms with Gasteiger partial charge in [-0.25, -0.2) is 4.79 Å². The number of H-pyrrole nitrogens is 2. The van der Waals surface area contributed by atoms with Gasteiger partial charge in [0.25, 0.3) is 0 Å². The van der Waals surface area contributed by atoms with Crippen LogP contribution in [0.1, 0.15) is 16.5 Å². The van der Waals surface area contributed by atoms with Crippen molar-refractivity contribution in [2.75, 3.05) is 0 Å². The predicted octanol–water partition coefficient (Wildman–Crippen LogP) is 3.49. The second-order valence-corrected chi connectivity index (χ2v) is 7.47. The first kappa shape index (κ1) is 13.1. The summed E-state index contributed by atoms with van der Waals surface area (Å²) >= 11 is 8.54. The Kier molecular flexibility index (Phi) is 3.38. The zero-order valence-electron chi connectivity index (χ0n) is 9.54. The third-order valence-electron chi connectivity index (χ3n) is 2.87. The Labute approximate surface area is 129 Å². The standard InChI is InChI=1S/C12H9Br2N3OS/c13-6-4-8-7(16-12(18)17-8)3-5(6)11(15)9-1-2-10(14)19-9/h1-4,11H,15H2,(H2,16,17,18). The van der Waals surface area contributed by atoms with Crippen LogP contribution in [0.25, 0.3) is 11.0 Å². The molecule has 7 heteroatoms. The third kappa shape index (κ3) is 2.43. The molecule has 0 aliphatic heterocycles. The van der Waals surface area contributed by atoms with Crippen LogP contribution in [0.3, 0.4) is 0 Å². The molecule has 4 nitrogen and oxygen atoms in total. The fourth-order valence-electron chi connectivity index (χ4n) is 1.96. The molecule has 0 radical (unpaired) electrons. The minimum atomic E-state index is -0.228. The smallest absolute Gasteiger partial charge is 0.320 e. The van der Waals surface area contributed by atoms with E-state index in [2.05, 4.69) is 41.8 Å². The number of rotatable bonds is 2. The normalized spacial score (nSPS) is 13.0. The quantitative estimate of drug-likeness (QED) is 0.613. The van der Waals surface area contributed by atoms with Gasteiger partial charge in [-0.05, 0) is 45.8 Å². The molecule has 0 bridgehead atoms. The van der Waals surface area contributed by atoms with Gasteiger partial charge < -0.3 is 15.7 Å². The van der Waals surface area contributed by atoms with E-state index in [0.717, 1.165) is 29.7 Å². The Morgan fingerprint density at radius 2 is 1.84 bits per heavy atom. The highest BCUT2D eigenvalue weighted by Crippen LogP contribution is 2.34. The maximum absolute atomic E-state index is 11.3. The second-order valence-electron chi connectivity index (χ2n) is 4.12. The topological polar surface area (TPSA) is 74.7 Å². The van der Waals surface area contributed by atoms with E-state index < -0.39 is 0 Å². The number of fused-ring (bicyclic) bond motifs is 1. The molecule has 0 aliphatic carbocycles. The lowest BCUT2D eigenvalue weighted by molar-refractivity contribution is 0.889. The molecule has 0 fully saturated rings. The molecule has 4 N–H and O–H groups in total. The predicted molar refractivity (Wildman–Crippen MR) is 84.7 cm³/mol. The number of benzene rings is 1. The number of nitrogens with one attached hydrogen (secondary N) is 2. The molecule has 0 saturated heterocycles. The molecule has 1 unspecified atom stereocenters. The van der Waals surface area contributed by atoms with Crippen LogP contribution in [-0.4, -0.2) is 9.97 Å². The van der Waals surface area contributed by atoms with Crippen molar-refractivity contribution in [2.24, 2.45) is 5.73 Å². The summed E-state index contributed by atoms with van der Waals surface area (Å²) in [5, 5.41) is 0. The number of imidazole rings is 1. The molecule has 3 aromatic rings. The van der Waals surface area contributed by atoms with Gasteiger partial charge in [0, 0.05) is 9.35 Å². The van der Waals surface area contributed by atoms with E-state index in [0.29, 0.717) is 0 Å².